The molecule has 0 unspecified atom stereocenters. The summed E-state index contributed by atoms with van der Waals surface area (Å²) in [6.07, 6.45) is 5.71. The van der Waals surface area contributed by atoms with Crippen LogP contribution in [0.4, 0.5) is 11.5 Å². The van der Waals surface area contributed by atoms with Gasteiger partial charge in [0.1, 0.15) is 12.0 Å². The zero-order chi connectivity index (χ0) is 13.4. The van der Waals surface area contributed by atoms with Gasteiger partial charge in [0, 0.05) is 12.0 Å². The van der Waals surface area contributed by atoms with Crippen LogP contribution in [0.1, 0.15) is 25.7 Å². The number of hydrogen-bond donors (Lipinski definition) is 1. The molecule has 6 heteroatoms. The third kappa shape index (κ3) is 2.30. The summed E-state index contributed by atoms with van der Waals surface area (Å²) in [6.45, 7) is 0. The molecule has 1 N–H and O–H groups in total. The van der Waals surface area contributed by atoms with Gasteiger partial charge in [-0.05, 0) is 37.2 Å². The summed E-state index contributed by atoms with van der Waals surface area (Å²) in [4.78, 5) is 26.0. The third-order valence-electron chi connectivity index (χ3n) is 4.28. The number of nitrogens with zero attached hydrogens (tertiary/aromatic N) is 2. The number of amides is 1. The Morgan fingerprint density at radius 1 is 1.37 bits per heavy atom. The van der Waals surface area contributed by atoms with Crippen LogP contribution < -0.4 is 5.32 Å². The van der Waals surface area contributed by atoms with Crippen molar-refractivity contribution in [2.45, 2.75) is 25.7 Å². The molecule has 1 amide bonds. The van der Waals surface area contributed by atoms with E-state index in [9.17, 15) is 14.9 Å². The van der Waals surface area contributed by atoms with Gasteiger partial charge in [0.05, 0.1) is 4.92 Å². The second-order valence-electron chi connectivity index (χ2n) is 5.43. The van der Waals surface area contributed by atoms with Crippen LogP contribution >= 0.6 is 0 Å². The Labute approximate surface area is 110 Å². The Morgan fingerprint density at radius 2 is 2.21 bits per heavy atom. The van der Waals surface area contributed by atoms with Crippen molar-refractivity contribution in [1.29, 1.82) is 0 Å². The maximum atomic E-state index is 12.1. The van der Waals surface area contributed by atoms with Gasteiger partial charge in [-0.15, -0.1) is 0 Å². The van der Waals surface area contributed by atoms with Crippen LogP contribution in [0, 0.1) is 27.9 Å². The van der Waals surface area contributed by atoms with E-state index in [0.29, 0.717) is 17.7 Å². The molecule has 0 aliphatic heterocycles. The molecule has 0 spiro atoms. The van der Waals surface area contributed by atoms with Gasteiger partial charge in [0.25, 0.3) is 5.69 Å². The highest BCUT2D eigenvalue weighted by molar-refractivity contribution is 5.92. The molecular weight excluding hydrogens is 246 g/mol. The average molecular weight is 261 g/mol. The summed E-state index contributed by atoms with van der Waals surface area (Å²) in [5, 5.41) is 13.3. The van der Waals surface area contributed by atoms with E-state index >= 15 is 0 Å². The van der Waals surface area contributed by atoms with E-state index in [1.54, 1.807) is 0 Å². The SMILES string of the molecule is O=C(Nc1ccc([N+](=O)[O-])cn1)[C@H]1C[C@@H]2CC[C@@H]1C2. The summed E-state index contributed by atoms with van der Waals surface area (Å²) < 4.78 is 0. The number of anilines is 1. The second-order valence-corrected chi connectivity index (χ2v) is 5.43. The number of carbonyl (C=O) groups excluding carboxylic acids is 1. The van der Waals surface area contributed by atoms with Crippen LogP contribution in [0.5, 0.6) is 0 Å². The fourth-order valence-corrected chi connectivity index (χ4v) is 3.35. The summed E-state index contributed by atoms with van der Waals surface area (Å²) in [7, 11) is 0. The van der Waals surface area contributed by atoms with E-state index in [4.69, 9.17) is 0 Å². The van der Waals surface area contributed by atoms with Gasteiger partial charge < -0.3 is 5.32 Å². The Kier molecular flexibility index (Phi) is 2.93. The number of aromatic nitrogens is 1. The van der Waals surface area contributed by atoms with Crippen molar-refractivity contribution in [3.63, 3.8) is 0 Å². The van der Waals surface area contributed by atoms with Crippen LogP contribution in [0.3, 0.4) is 0 Å². The minimum absolute atomic E-state index is 0.00792. The molecule has 6 nitrogen and oxygen atoms in total. The lowest BCUT2D eigenvalue weighted by Crippen LogP contribution is -2.27. The maximum Gasteiger partial charge on any atom is 0.287 e. The minimum Gasteiger partial charge on any atom is -0.310 e. The minimum atomic E-state index is -0.505. The monoisotopic (exact) mass is 261 g/mol. The molecule has 1 aromatic rings. The third-order valence-corrected chi connectivity index (χ3v) is 4.28. The highest BCUT2D eigenvalue weighted by Gasteiger charge is 2.43. The largest absolute Gasteiger partial charge is 0.310 e. The molecular formula is C13H15N3O3. The van der Waals surface area contributed by atoms with Crippen molar-refractivity contribution in [2.24, 2.45) is 17.8 Å². The Morgan fingerprint density at radius 3 is 2.74 bits per heavy atom. The first kappa shape index (κ1) is 12.1. The Bertz CT molecular complexity index is 514. The number of hydrogen-bond acceptors (Lipinski definition) is 4. The number of fused-ring (bicyclic) bond motifs is 2. The fraction of sp³-hybridized carbons (Fsp3) is 0.538. The van der Waals surface area contributed by atoms with E-state index < -0.39 is 4.92 Å². The van der Waals surface area contributed by atoms with Crippen LogP contribution in [0.25, 0.3) is 0 Å². The molecule has 0 saturated heterocycles. The van der Waals surface area contributed by atoms with Gasteiger partial charge >= 0.3 is 0 Å². The molecule has 2 fully saturated rings. The lowest BCUT2D eigenvalue weighted by atomic mass is 9.88. The molecule has 1 heterocycles. The van der Waals surface area contributed by atoms with Crippen LogP contribution in [0.2, 0.25) is 0 Å². The molecule has 3 atom stereocenters. The molecule has 0 radical (unpaired) electrons. The van der Waals surface area contributed by atoms with E-state index in [1.165, 1.54) is 25.0 Å². The van der Waals surface area contributed by atoms with Gasteiger partial charge in [-0.1, -0.05) is 6.42 Å². The highest BCUT2D eigenvalue weighted by Crippen LogP contribution is 2.48. The molecule has 100 valence electrons. The van der Waals surface area contributed by atoms with E-state index in [2.05, 4.69) is 10.3 Å². The smallest absolute Gasteiger partial charge is 0.287 e. The number of rotatable bonds is 3. The predicted molar refractivity (Wildman–Crippen MR) is 68.5 cm³/mol. The maximum absolute atomic E-state index is 12.1. The van der Waals surface area contributed by atoms with Gasteiger partial charge in [0.15, 0.2) is 0 Å². The first-order valence-corrected chi connectivity index (χ1v) is 6.55. The van der Waals surface area contributed by atoms with Crippen LogP contribution in [0.15, 0.2) is 18.3 Å². The second kappa shape index (κ2) is 4.60. The number of pyridine rings is 1. The van der Waals surface area contributed by atoms with Crippen molar-refractivity contribution in [1.82, 2.24) is 4.98 Å². The summed E-state index contributed by atoms with van der Waals surface area (Å²) in [6, 6.07) is 2.83. The van der Waals surface area contributed by atoms with Gasteiger partial charge in [-0.2, -0.15) is 0 Å². The Balaban J connectivity index is 1.64. The molecule has 2 bridgehead atoms. The number of nitrogens with one attached hydrogen (secondary N) is 1. The van der Waals surface area contributed by atoms with Crippen molar-refractivity contribution < 1.29 is 9.72 Å². The van der Waals surface area contributed by atoms with Gasteiger partial charge in [-0.25, -0.2) is 4.98 Å². The molecule has 2 aliphatic carbocycles. The van der Waals surface area contributed by atoms with Crippen molar-refractivity contribution >= 4 is 17.4 Å². The van der Waals surface area contributed by atoms with Crippen molar-refractivity contribution in [3.8, 4) is 0 Å². The van der Waals surface area contributed by atoms with Crippen LogP contribution in [-0.4, -0.2) is 15.8 Å². The summed E-state index contributed by atoms with van der Waals surface area (Å²) >= 11 is 0. The predicted octanol–water partition coefficient (Wildman–Crippen LogP) is 2.36. The molecule has 3 rings (SSSR count). The highest BCUT2D eigenvalue weighted by atomic mass is 16.6. The average Bonchev–Trinajstić information content (AvgIpc) is 3.01. The summed E-state index contributed by atoms with van der Waals surface area (Å²) in [5.74, 6) is 1.72. The fourth-order valence-electron chi connectivity index (χ4n) is 3.35. The lowest BCUT2D eigenvalue weighted by Gasteiger charge is -2.20. The summed E-state index contributed by atoms with van der Waals surface area (Å²) in [5.41, 5.74) is -0.0714. The van der Waals surface area contributed by atoms with E-state index in [1.807, 2.05) is 0 Å². The van der Waals surface area contributed by atoms with E-state index in [-0.39, 0.29) is 17.5 Å². The first-order valence-electron chi connectivity index (χ1n) is 6.55. The molecule has 1 aromatic heterocycles. The normalized spacial score (nSPS) is 28.3. The zero-order valence-corrected chi connectivity index (χ0v) is 10.4. The lowest BCUT2D eigenvalue weighted by molar-refractivity contribution is -0.385. The van der Waals surface area contributed by atoms with Gasteiger partial charge in [0.2, 0.25) is 5.91 Å². The quantitative estimate of drug-likeness (QED) is 0.668. The zero-order valence-electron chi connectivity index (χ0n) is 10.4. The molecule has 19 heavy (non-hydrogen) atoms. The van der Waals surface area contributed by atoms with Gasteiger partial charge in [-0.3, -0.25) is 14.9 Å². The number of carbonyl (C=O) groups is 1. The van der Waals surface area contributed by atoms with Crippen molar-refractivity contribution in [2.75, 3.05) is 5.32 Å². The van der Waals surface area contributed by atoms with Crippen molar-refractivity contribution in [3.05, 3.63) is 28.4 Å². The van der Waals surface area contributed by atoms with Crippen LogP contribution in [-0.2, 0) is 4.79 Å². The van der Waals surface area contributed by atoms with E-state index in [0.717, 1.165) is 19.0 Å². The molecule has 0 aromatic carbocycles. The first-order chi connectivity index (χ1) is 9.13. The number of nitro groups is 1. The molecule has 2 aliphatic rings. The topological polar surface area (TPSA) is 85.1 Å². The molecule has 2 saturated carbocycles. The standard InChI is InChI=1S/C13H15N3O3/c17-13(11-6-8-1-2-9(11)5-8)15-12-4-3-10(7-14-12)16(18)19/h3-4,7-9,11H,1-2,5-6H2,(H,14,15,17)/t8-,9-,11+/m1/s1. The Hall–Kier alpha value is -1.98.